The molecule has 2 aromatic carbocycles. The molecule has 0 radical (unpaired) electrons. The summed E-state index contributed by atoms with van der Waals surface area (Å²) in [6.07, 6.45) is -1.79. The Morgan fingerprint density at radius 1 is 1.10 bits per heavy atom. The van der Waals surface area contributed by atoms with E-state index in [1.807, 2.05) is 0 Å². The van der Waals surface area contributed by atoms with E-state index in [9.17, 15) is 9.90 Å². The third kappa shape index (κ3) is 1.74. The highest BCUT2D eigenvalue weighted by Crippen LogP contribution is 2.38. The van der Waals surface area contributed by atoms with Gasteiger partial charge in [0.05, 0.1) is 7.11 Å². The monoisotopic (exact) mass is 270 g/mol. The molecule has 3 heteroatoms. The number of aliphatic hydroxyl groups is 1. The van der Waals surface area contributed by atoms with Gasteiger partial charge in [0.1, 0.15) is 0 Å². The van der Waals surface area contributed by atoms with E-state index < -0.39 is 24.4 Å². The minimum atomic E-state index is -2.00. The van der Waals surface area contributed by atoms with E-state index in [2.05, 4.69) is 0 Å². The molecule has 0 saturated carbocycles. The Bertz CT molecular complexity index is 678. The summed E-state index contributed by atoms with van der Waals surface area (Å²) in [6.45, 7) is 0. The summed E-state index contributed by atoms with van der Waals surface area (Å²) in [7, 11) is 1.22. The fourth-order valence-electron chi connectivity index (χ4n) is 2.64. The average molecular weight is 270 g/mol. The van der Waals surface area contributed by atoms with Gasteiger partial charge in [-0.1, -0.05) is 48.5 Å². The van der Waals surface area contributed by atoms with Crippen LogP contribution < -0.4 is 0 Å². The topological polar surface area (TPSA) is 46.5 Å². The number of carbonyl (C=O) groups is 1. The van der Waals surface area contributed by atoms with Crippen molar-refractivity contribution < 1.29 is 17.4 Å². The molecule has 1 N–H and O–H groups in total. The van der Waals surface area contributed by atoms with Crippen LogP contribution in [0.5, 0.6) is 0 Å². The molecule has 0 aliphatic heterocycles. The van der Waals surface area contributed by atoms with Crippen molar-refractivity contribution in [1.82, 2.24) is 0 Å². The number of hydrogen-bond acceptors (Lipinski definition) is 3. The van der Waals surface area contributed by atoms with Crippen molar-refractivity contribution in [3.8, 4) is 0 Å². The number of ether oxygens (including phenoxy) is 1. The quantitative estimate of drug-likeness (QED) is 0.808. The highest BCUT2D eigenvalue weighted by Gasteiger charge is 2.45. The van der Waals surface area contributed by atoms with Gasteiger partial charge in [0, 0.05) is 13.9 Å². The maximum Gasteiger partial charge on any atom is 0.347 e. The first-order chi connectivity index (χ1) is 10.5. The zero-order valence-electron chi connectivity index (χ0n) is 13.0. The Kier molecular flexibility index (Phi) is 2.53. The molecule has 0 aromatic heterocycles. The van der Waals surface area contributed by atoms with E-state index in [1.54, 1.807) is 48.5 Å². The predicted molar refractivity (Wildman–Crippen MR) is 75.3 cm³/mol. The zero-order chi connectivity index (χ0) is 15.9. The Hall–Kier alpha value is -2.13. The summed E-state index contributed by atoms with van der Waals surface area (Å²) in [5.74, 6) is -0.811. The van der Waals surface area contributed by atoms with Crippen molar-refractivity contribution in [2.75, 3.05) is 7.11 Å². The van der Waals surface area contributed by atoms with Crippen molar-refractivity contribution >= 4 is 5.97 Å². The summed E-state index contributed by atoms with van der Waals surface area (Å²) in [6, 6.07) is 13.5. The highest BCUT2D eigenvalue weighted by atomic mass is 16.5. The standard InChI is InChI=1S/C17H16O3/c1-20-16(18)17(19)14-8-4-2-6-12(14)10-11-13-7-3-5-9-15(13)17/h2-9,19H,10-11H2,1H3/i10D,11D. The number of esters is 1. The van der Waals surface area contributed by atoms with Crippen LogP contribution in [0.15, 0.2) is 48.5 Å². The van der Waals surface area contributed by atoms with Gasteiger partial charge in [0.15, 0.2) is 0 Å². The van der Waals surface area contributed by atoms with Gasteiger partial charge in [-0.05, 0) is 23.9 Å². The second kappa shape index (κ2) is 4.76. The Balaban J connectivity index is 2.41. The van der Waals surface area contributed by atoms with Crippen LogP contribution in [0.25, 0.3) is 0 Å². The van der Waals surface area contributed by atoms with Crippen LogP contribution in [0.2, 0.25) is 0 Å². The van der Waals surface area contributed by atoms with Gasteiger partial charge >= 0.3 is 5.97 Å². The molecule has 0 amide bonds. The first-order valence-corrected chi connectivity index (χ1v) is 6.36. The van der Waals surface area contributed by atoms with E-state index in [1.165, 1.54) is 7.11 Å². The maximum absolute atomic E-state index is 12.4. The van der Waals surface area contributed by atoms with Crippen LogP contribution in [0.1, 0.15) is 25.0 Å². The second-order valence-electron chi connectivity index (χ2n) is 4.71. The first-order valence-electron chi connectivity index (χ1n) is 7.51. The molecule has 2 aromatic rings. The molecule has 0 fully saturated rings. The first kappa shape index (κ1) is 10.6. The number of fused-ring (bicyclic) bond motifs is 2. The fourth-order valence-corrected chi connectivity index (χ4v) is 2.64. The fraction of sp³-hybridized carbons (Fsp3) is 0.235. The summed E-state index contributed by atoms with van der Waals surface area (Å²) in [5, 5.41) is 11.2. The van der Waals surface area contributed by atoms with Crippen molar-refractivity contribution in [2.24, 2.45) is 0 Å². The smallest absolute Gasteiger partial charge is 0.347 e. The summed E-state index contributed by atoms with van der Waals surface area (Å²) < 4.78 is 21.5. The number of carbonyl (C=O) groups excluding carboxylic acids is 1. The molecular weight excluding hydrogens is 252 g/mol. The third-order valence-electron chi connectivity index (χ3n) is 3.62. The van der Waals surface area contributed by atoms with E-state index in [0.29, 0.717) is 22.3 Å². The number of benzene rings is 2. The number of hydrogen-bond donors (Lipinski definition) is 1. The predicted octanol–water partition coefficient (Wildman–Crippen LogP) is 2.19. The lowest BCUT2D eigenvalue weighted by Crippen LogP contribution is -2.38. The lowest BCUT2D eigenvalue weighted by Gasteiger charge is -2.27. The molecule has 1 aliphatic carbocycles. The number of rotatable bonds is 1. The Morgan fingerprint density at radius 2 is 1.55 bits per heavy atom. The van der Waals surface area contributed by atoms with Gasteiger partial charge < -0.3 is 9.84 Å². The molecule has 2 atom stereocenters. The van der Waals surface area contributed by atoms with E-state index >= 15 is 0 Å². The van der Waals surface area contributed by atoms with Crippen LogP contribution in [0, 0.1) is 0 Å². The largest absolute Gasteiger partial charge is 0.466 e. The molecule has 0 heterocycles. The van der Waals surface area contributed by atoms with Crippen molar-refractivity contribution in [3.05, 3.63) is 70.8 Å². The van der Waals surface area contributed by atoms with Crippen molar-refractivity contribution in [3.63, 3.8) is 0 Å². The van der Waals surface area contributed by atoms with Crippen LogP contribution >= 0.6 is 0 Å². The lowest BCUT2D eigenvalue weighted by atomic mass is 9.83. The normalized spacial score (nSPS) is 29.3. The van der Waals surface area contributed by atoms with Gasteiger partial charge in [-0.25, -0.2) is 4.79 Å². The molecule has 3 nitrogen and oxygen atoms in total. The van der Waals surface area contributed by atoms with E-state index in [4.69, 9.17) is 7.48 Å². The lowest BCUT2D eigenvalue weighted by molar-refractivity contribution is -0.159. The van der Waals surface area contributed by atoms with E-state index in [-0.39, 0.29) is 0 Å². The maximum atomic E-state index is 12.4. The van der Waals surface area contributed by atoms with Crippen molar-refractivity contribution in [2.45, 2.75) is 18.4 Å². The van der Waals surface area contributed by atoms with Crippen LogP contribution in [-0.2, 0) is 27.9 Å². The molecule has 20 heavy (non-hydrogen) atoms. The molecule has 0 bridgehead atoms. The average Bonchev–Trinajstić information content (AvgIpc) is 2.64. The molecular formula is C17H16O3. The highest BCUT2D eigenvalue weighted by molar-refractivity contribution is 5.86. The second-order valence-corrected chi connectivity index (χ2v) is 4.71. The van der Waals surface area contributed by atoms with Gasteiger partial charge in [-0.2, -0.15) is 0 Å². The minimum absolute atomic E-state index is 0.309. The number of aryl methyl sites for hydroxylation is 2. The van der Waals surface area contributed by atoms with Crippen molar-refractivity contribution in [1.29, 1.82) is 0 Å². The summed E-state index contributed by atoms with van der Waals surface area (Å²) in [4.78, 5) is 12.4. The Labute approximate surface area is 120 Å². The summed E-state index contributed by atoms with van der Waals surface area (Å²) >= 11 is 0. The molecule has 102 valence electrons. The minimum Gasteiger partial charge on any atom is -0.466 e. The Morgan fingerprint density at radius 3 is 2.00 bits per heavy atom. The molecule has 2 unspecified atom stereocenters. The number of methoxy groups -OCH3 is 1. The molecule has 0 saturated heterocycles. The SMILES string of the molecule is [2H]C1c2ccccc2C(O)(C(=O)OC)c2ccccc2C1[2H]. The van der Waals surface area contributed by atoms with Gasteiger partial charge in [-0.15, -0.1) is 0 Å². The van der Waals surface area contributed by atoms with Gasteiger partial charge in [0.2, 0.25) is 5.60 Å². The zero-order valence-corrected chi connectivity index (χ0v) is 11.0. The molecule has 3 rings (SSSR count). The summed E-state index contributed by atoms with van der Waals surface area (Å²) in [5.41, 5.74) is -0.455. The third-order valence-corrected chi connectivity index (χ3v) is 3.62. The van der Waals surface area contributed by atoms with Gasteiger partial charge in [-0.3, -0.25) is 0 Å². The van der Waals surface area contributed by atoms with Crippen LogP contribution in [0.4, 0.5) is 0 Å². The van der Waals surface area contributed by atoms with Gasteiger partial charge in [0.25, 0.3) is 0 Å². The molecule has 0 spiro atoms. The van der Waals surface area contributed by atoms with Crippen LogP contribution in [0.3, 0.4) is 0 Å². The molecule has 1 aliphatic rings. The van der Waals surface area contributed by atoms with E-state index in [0.717, 1.165) is 0 Å². The van der Waals surface area contributed by atoms with Crippen LogP contribution in [-0.4, -0.2) is 18.2 Å².